The minimum atomic E-state index is -0.547. The summed E-state index contributed by atoms with van der Waals surface area (Å²) in [4.78, 5) is 10.5. The van der Waals surface area contributed by atoms with E-state index in [4.69, 9.17) is 9.97 Å². The molecule has 2 aliphatic carbocycles. The minimum Gasteiger partial charge on any atom is -0.228 e. The summed E-state index contributed by atoms with van der Waals surface area (Å²) in [7, 11) is 0. The van der Waals surface area contributed by atoms with Crippen molar-refractivity contribution in [3.05, 3.63) is 228 Å². The molecule has 0 N–H and O–H groups in total. The van der Waals surface area contributed by atoms with E-state index in [1.807, 2.05) is 12.1 Å². The predicted molar refractivity (Wildman–Crippen MR) is 240 cm³/mol. The summed E-state index contributed by atoms with van der Waals surface area (Å²) in [5.74, 6) is 0.676. The second-order valence-corrected chi connectivity index (χ2v) is 15.6. The largest absolute Gasteiger partial charge is 0.228 e. The summed E-state index contributed by atoms with van der Waals surface area (Å²) in [5, 5.41) is 15.4. The molecule has 3 nitrogen and oxygen atoms in total. The highest BCUT2D eigenvalue weighted by Crippen LogP contribution is 2.64. The maximum Gasteiger partial charge on any atom is 0.160 e. The van der Waals surface area contributed by atoms with E-state index in [0.717, 1.165) is 61.3 Å². The molecule has 10 aromatic rings. The molecule has 0 fully saturated rings. The van der Waals surface area contributed by atoms with Crippen molar-refractivity contribution in [3.8, 4) is 73.4 Å². The van der Waals surface area contributed by atoms with Gasteiger partial charge in [-0.2, -0.15) is 5.26 Å². The van der Waals surface area contributed by atoms with Crippen LogP contribution in [0.2, 0.25) is 0 Å². The Labute approximate surface area is 342 Å². The molecule has 0 aliphatic heterocycles. The van der Waals surface area contributed by atoms with Crippen molar-refractivity contribution in [2.24, 2.45) is 0 Å². The number of nitrogens with zero attached hydrogens (tertiary/aromatic N) is 3. The lowest BCUT2D eigenvalue weighted by molar-refractivity contribution is 0.793. The van der Waals surface area contributed by atoms with E-state index in [1.54, 1.807) is 0 Å². The van der Waals surface area contributed by atoms with Crippen LogP contribution in [0.25, 0.3) is 88.8 Å². The molecule has 1 aromatic heterocycles. The number of hydrogen-bond acceptors (Lipinski definition) is 3. The summed E-state index contributed by atoms with van der Waals surface area (Å²) in [6, 6.07) is 73.7. The number of benzene rings is 9. The lowest BCUT2D eigenvalue weighted by Gasteiger charge is -2.30. The number of aromatic nitrogens is 2. The molecular formula is C56H33N3. The third kappa shape index (κ3) is 4.87. The first kappa shape index (κ1) is 33.2. The van der Waals surface area contributed by atoms with Gasteiger partial charge in [-0.25, -0.2) is 9.97 Å². The summed E-state index contributed by atoms with van der Waals surface area (Å²) < 4.78 is 0. The van der Waals surface area contributed by atoms with Crippen molar-refractivity contribution in [1.29, 1.82) is 5.26 Å². The molecule has 1 heterocycles. The molecule has 12 rings (SSSR count). The third-order valence-electron chi connectivity index (χ3n) is 12.5. The molecule has 272 valence electrons. The first-order valence-corrected chi connectivity index (χ1v) is 20.0. The van der Waals surface area contributed by atoms with Gasteiger partial charge in [0.05, 0.1) is 28.4 Å². The Morgan fingerprint density at radius 3 is 1.53 bits per heavy atom. The zero-order valence-corrected chi connectivity index (χ0v) is 31.9. The Morgan fingerprint density at radius 2 is 0.847 bits per heavy atom. The number of rotatable bonds is 4. The van der Waals surface area contributed by atoms with Gasteiger partial charge in [0, 0.05) is 22.3 Å². The standard InChI is InChI=1S/C56H33N3/c57-34-43-18-10-24-49-53(43)54-44(21-11-25-50(54)56(49)47-22-7-5-19-45(47)46-20-6-8-23-48(46)56)39-16-9-17-40(32-39)51-33-52(41-28-26-35-12-1-3-14-37(35)30-41)59-55(58-51)42-29-27-36-13-2-4-15-38(36)31-42/h1-33H. The molecule has 2 aliphatic rings. The average Bonchev–Trinajstić information content (AvgIpc) is 3.79. The van der Waals surface area contributed by atoms with Gasteiger partial charge in [-0.15, -0.1) is 0 Å². The molecule has 0 radical (unpaired) electrons. The fraction of sp³-hybridized carbons (Fsp3) is 0.0179. The SMILES string of the molecule is N#Cc1cccc2c1-c1c(-c3cccc(-c4cc(-c5ccc6ccccc6c5)nc(-c5ccc6ccccc6c5)n4)c3)cccc1C21c2ccccc2-c2ccccc21. The van der Waals surface area contributed by atoms with Crippen LogP contribution in [0.1, 0.15) is 27.8 Å². The summed E-state index contributed by atoms with van der Waals surface area (Å²) in [5.41, 5.74) is 16.5. The van der Waals surface area contributed by atoms with Gasteiger partial charge >= 0.3 is 0 Å². The molecule has 9 aromatic carbocycles. The van der Waals surface area contributed by atoms with Crippen molar-refractivity contribution >= 4 is 21.5 Å². The molecule has 0 atom stereocenters. The number of fused-ring (bicyclic) bond motifs is 12. The molecule has 0 saturated carbocycles. The Hall–Kier alpha value is -7.93. The monoisotopic (exact) mass is 747 g/mol. The highest BCUT2D eigenvalue weighted by atomic mass is 14.9. The van der Waals surface area contributed by atoms with E-state index < -0.39 is 5.41 Å². The quantitative estimate of drug-likeness (QED) is 0.180. The van der Waals surface area contributed by atoms with Gasteiger partial charge in [0.1, 0.15) is 0 Å². The van der Waals surface area contributed by atoms with Crippen LogP contribution in [-0.4, -0.2) is 9.97 Å². The summed E-state index contributed by atoms with van der Waals surface area (Å²) in [6.07, 6.45) is 0. The van der Waals surface area contributed by atoms with Gasteiger partial charge in [-0.1, -0.05) is 170 Å². The molecule has 0 saturated heterocycles. The molecule has 59 heavy (non-hydrogen) atoms. The van der Waals surface area contributed by atoms with Gasteiger partial charge in [-0.3, -0.25) is 0 Å². The molecule has 0 bridgehead atoms. The fourth-order valence-electron chi connectivity index (χ4n) is 9.96. The van der Waals surface area contributed by atoms with Gasteiger partial charge in [0.2, 0.25) is 0 Å². The zero-order chi connectivity index (χ0) is 39.1. The van der Waals surface area contributed by atoms with E-state index in [1.165, 1.54) is 44.0 Å². The molecule has 0 unspecified atom stereocenters. The highest BCUT2D eigenvalue weighted by molar-refractivity contribution is 6.02. The van der Waals surface area contributed by atoms with Gasteiger partial charge in [-0.05, 0) is 102 Å². The van der Waals surface area contributed by atoms with Gasteiger partial charge < -0.3 is 0 Å². The molecule has 3 heteroatoms. The Bertz CT molecular complexity index is 3280. The normalized spacial score (nSPS) is 12.9. The average molecular weight is 748 g/mol. The topological polar surface area (TPSA) is 49.6 Å². The maximum atomic E-state index is 10.7. The second-order valence-electron chi connectivity index (χ2n) is 15.6. The van der Waals surface area contributed by atoms with Crippen LogP contribution in [0.4, 0.5) is 0 Å². The zero-order valence-electron chi connectivity index (χ0n) is 31.9. The van der Waals surface area contributed by atoms with Crippen LogP contribution in [-0.2, 0) is 5.41 Å². The van der Waals surface area contributed by atoms with Crippen LogP contribution < -0.4 is 0 Å². The first-order valence-electron chi connectivity index (χ1n) is 20.0. The molecule has 1 spiro atoms. The number of nitriles is 1. The van der Waals surface area contributed by atoms with Crippen LogP contribution in [0, 0.1) is 11.3 Å². The van der Waals surface area contributed by atoms with Gasteiger partial charge in [0.25, 0.3) is 0 Å². The molecule has 0 amide bonds. The van der Waals surface area contributed by atoms with E-state index >= 15 is 0 Å². The van der Waals surface area contributed by atoms with E-state index in [0.29, 0.717) is 11.4 Å². The Balaban J connectivity index is 1.07. The molecular weight excluding hydrogens is 715 g/mol. The smallest absolute Gasteiger partial charge is 0.160 e. The minimum absolute atomic E-state index is 0.547. The van der Waals surface area contributed by atoms with E-state index in [9.17, 15) is 5.26 Å². The van der Waals surface area contributed by atoms with Crippen LogP contribution in [0.5, 0.6) is 0 Å². The highest BCUT2D eigenvalue weighted by Gasteiger charge is 2.52. The van der Waals surface area contributed by atoms with Crippen molar-refractivity contribution < 1.29 is 0 Å². The van der Waals surface area contributed by atoms with E-state index in [2.05, 4.69) is 194 Å². The first-order chi connectivity index (χ1) is 29.2. The van der Waals surface area contributed by atoms with E-state index in [-0.39, 0.29) is 0 Å². The lowest BCUT2D eigenvalue weighted by Crippen LogP contribution is -2.25. The van der Waals surface area contributed by atoms with Crippen LogP contribution >= 0.6 is 0 Å². The van der Waals surface area contributed by atoms with Crippen molar-refractivity contribution in [2.75, 3.05) is 0 Å². The second kappa shape index (κ2) is 12.8. The third-order valence-corrected chi connectivity index (χ3v) is 12.5. The fourth-order valence-corrected chi connectivity index (χ4v) is 9.96. The Kier molecular flexibility index (Phi) is 7.21. The van der Waals surface area contributed by atoms with Crippen molar-refractivity contribution in [1.82, 2.24) is 9.97 Å². The van der Waals surface area contributed by atoms with Gasteiger partial charge in [0.15, 0.2) is 5.82 Å². The van der Waals surface area contributed by atoms with Crippen LogP contribution in [0.3, 0.4) is 0 Å². The summed E-state index contributed by atoms with van der Waals surface area (Å²) >= 11 is 0. The van der Waals surface area contributed by atoms with Crippen molar-refractivity contribution in [2.45, 2.75) is 5.41 Å². The Morgan fingerprint density at radius 1 is 0.356 bits per heavy atom. The summed E-state index contributed by atoms with van der Waals surface area (Å²) in [6.45, 7) is 0. The predicted octanol–water partition coefficient (Wildman–Crippen LogP) is 13.7. The van der Waals surface area contributed by atoms with Crippen molar-refractivity contribution in [3.63, 3.8) is 0 Å². The number of hydrogen-bond donors (Lipinski definition) is 0. The lowest BCUT2D eigenvalue weighted by atomic mass is 9.70. The maximum absolute atomic E-state index is 10.7. The van der Waals surface area contributed by atoms with Crippen LogP contribution in [0.15, 0.2) is 200 Å².